The molecule has 0 aliphatic carbocycles. The molecule has 0 N–H and O–H groups in total. The second-order valence-electron chi connectivity index (χ2n) is 7.11. The summed E-state index contributed by atoms with van der Waals surface area (Å²) in [6, 6.07) is 26.0. The zero-order valence-corrected chi connectivity index (χ0v) is 19.8. The lowest BCUT2D eigenvalue weighted by molar-refractivity contribution is -0.116. The van der Waals surface area contributed by atoms with Gasteiger partial charge in [-0.2, -0.15) is 5.26 Å². The predicted octanol–water partition coefficient (Wildman–Crippen LogP) is 5.25. The fourth-order valence-corrected chi connectivity index (χ4v) is 4.30. The molecular formula is C25H20ClN5O2S. The van der Waals surface area contributed by atoms with E-state index in [1.165, 1.54) is 16.7 Å². The number of carbonyl (C=O) groups is 1. The van der Waals surface area contributed by atoms with Gasteiger partial charge in [0.15, 0.2) is 11.0 Å². The minimum Gasteiger partial charge on any atom is -0.497 e. The van der Waals surface area contributed by atoms with Crippen molar-refractivity contribution in [3.05, 3.63) is 83.9 Å². The van der Waals surface area contributed by atoms with Gasteiger partial charge in [0, 0.05) is 22.0 Å². The van der Waals surface area contributed by atoms with Crippen LogP contribution in [-0.4, -0.2) is 40.1 Å². The topological polar surface area (TPSA) is 84.0 Å². The SMILES string of the molecule is COc1cccc(-c2nnc(SCC(=O)N(CC#N)c3ccccc3)n2-c2ccc(Cl)cc2)c1. The summed E-state index contributed by atoms with van der Waals surface area (Å²) in [4.78, 5) is 14.5. The maximum absolute atomic E-state index is 13.0. The number of nitrogens with zero attached hydrogens (tertiary/aromatic N) is 5. The van der Waals surface area contributed by atoms with Gasteiger partial charge >= 0.3 is 0 Å². The quantitative estimate of drug-likeness (QED) is 0.248. The van der Waals surface area contributed by atoms with Gasteiger partial charge in [-0.3, -0.25) is 14.3 Å². The number of methoxy groups -OCH3 is 1. The Labute approximate surface area is 206 Å². The lowest BCUT2D eigenvalue weighted by atomic mass is 10.2. The summed E-state index contributed by atoms with van der Waals surface area (Å²) in [5.41, 5.74) is 2.29. The first-order valence-electron chi connectivity index (χ1n) is 10.3. The van der Waals surface area contributed by atoms with Crippen LogP contribution in [0.15, 0.2) is 84.0 Å². The number of hydrogen-bond acceptors (Lipinski definition) is 6. The van der Waals surface area contributed by atoms with E-state index < -0.39 is 0 Å². The highest BCUT2D eigenvalue weighted by Crippen LogP contribution is 2.30. The van der Waals surface area contributed by atoms with Gasteiger partial charge in [0.2, 0.25) is 5.91 Å². The van der Waals surface area contributed by atoms with Crippen LogP contribution in [0, 0.1) is 11.3 Å². The van der Waals surface area contributed by atoms with E-state index in [0.717, 1.165) is 11.3 Å². The number of anilines is 1. The van der Waals surface area contributed by atoms with Gasteiger partial charge in [-0.1, -0.05) is 53.7 Å². The summed E-state index contributed by atoms with van der Waals surface area (Å²) in [7, 11) is 1.61. The summed E-state index contributed by atoms with van der Waals surface area (Å²) < 4.78 is 7.23. The molecule has 1 heterocycles. The van der Waals surface area contributed by atoms with Crippen LogP contribution >= 0.6 is 23.4 Å². The third-order valence-corrected chi connectivity index (χ3v) is 6.13. The van der Waals surface area contributed by atoms with Crippen molar-refractivity contribution in [3.63, 3.8) is 0 Å². The van der Waals surface area contributed by atoms with E-state index in [0.29, 0.717) is 27.4 Å². The molecule has 0 atom stereocenters. The van der Waals surface area contributed by atoms with E-state index in [9.17, 15) is 10.1 Å². The van der Waals surface area contributed by atoms with Crippen LogP contribution in [0.3, 0.4) is 0 Å². The summed E-state index contributed by atoms with van der Waals surface area (Å²) in [6.45, 7) is -0.0393. The monoisotopic (exact) mass is 489 g/mol. The molecule has 4 rings (SSSR count). The largest absolute Gasteiger partial charge is 0.497 e. The van der Waals surface area contributed by atoms with Crippen LogP contribution in [-0.2, 0) is 4.79 Å². The molecule has 0 saturated carbocycles. The molecule has 170 valence electrons. The summed E-state index contributed by atoms with van der Waals surface area (Å²) >= 11 is 7.35. The Balaban J connectivity index is 1.66. The van der Waals surface area contributed by atoms with Crippen molar-refractivity contribution in [2.24, 2.45) is 0 Å². The molecule has 0 spiro atoms. The Morgan fingerprint density at radius 3 is 2.56 bits per heavy atom. The molecule has 3 aromatic carbocycles. The van der Waals surface area contributed by atoms with Crippen molar-refractivity contribution in [1.82, 2.24) is 14.8 Å². The van der Waals surface area contributed by atoms with Crippen LogP contribution in [0.25, 0.3) is 17.1 Å². The van der Waals surface area contributed by atoms with Crippen LogP contribution in [0.4, 0.5) is 5.69 Å². The molecule has 0 aliphatic heterocycles. The fourth-order valence-electron chi connectivity index (χ4n) is 3.34. The molecule has 0 radical (unpaired) electrons. The number of para-hydroxylation sites is 1. The lowest BCUT2D eigenvalue weighted by Gasteiger charge is -2.19. The number of aromatic nitrogens is 3. The highest BCUT2D eigenvalue weighted by atomic mass is 35.5. The van der Waals surface area contributed by atoms with E-state index in [1.807, 2.05) is 59.2 Å². The van der Waals surface area contributed by atoms with Crippen molar-refractivity contribution in [2.45, 2.75) is 5.16 Å². The van der Waals surface area contributed by atoms with Crippen molar-refractivity contribution in [3.8, 4) is 28.9 Å². The molecule has 1 amide bonds. The molecule has 0 fully saturated rings. The predicted molar refractivity (Wildman–Crippen MR) is 133 cm³/mol. The highest BCUT2D eigenvalue weighted by Gasteiger charge is 2.20. The molecular weight excluding hydrogens is 470 g/mol. The van der Waals surface area contributed by atoms with Crippen LogP contribution < -0.4 is 9.64 Å². The number of rotatable bonds is 8. The maximum Gasteiger partial charge on any atom is 0.238 e. The fraction of sp³-hybridized carbons (Fsp3) is 0.120. The van der Waals surface area contributed by atoms with E-state index in [1.54, 1.807) is 31.4 Å². The van der Waals surface area contributed by atoms with Crippen molar-refractivity contribution >= 4 is 35.0 Å². The first-order valence-corrected chi connectivity index (χ1v) is 11.7. The number of thioether (sulfide) groups is 1. The minimum atomic E-state index is -0.202. The van der Waals surface area contributed by atoms with Gasteiger partial charge in [-0.05, 0) is 48.5 Å². The molecule has 1 aromatic heterocycles. The van der Waals surface area contributed by atoms with E-state index >= 15 is 0 Å². The van der Waals surface area contributed by atoms with Crippen LogP contribution in [0.2, 0.25) is 5.02 Å². The number of carbonyl (C=O) groups excluding carboxylic acids is 1. The van der Waals surface area contributed by atoms with E-state index in [2.05, 4.69) is 16.3 Å². The molecule has 4 aromatic rings. The Bertz CT molecular complexity index is 1320. The second kappa shape index (κ2) is 10.9. The number of halogens is 1. The van der Waals surface area contributed by atoms with Crippen molar-refractivity contribution in [2.75, 3.05) is 24.3 Å². The molecule has 9 heteroatoms. The standard InChI is InChI=1S/C25H20ClN5O2S/c1-33-22-9-5-6-18(16-22)24-28-29-25(31(24)21-12-10-19(26)11-13-21)34-17-23(32)30(15-14-27)20-7-3-2-4-8-20/h2-13,16H,15,17H2,1H3. The Morgan fingerprint density at radius 2 is 1.85 bits per heavy atom. The number of benzene rings is 3. The zero-order valence-electron chi connectivity index (χ0n) is 18.3. The number of amides is 1. The third kappa shape index (κ3) is 5.22. The smallest absolute Gasteiger partial charge is 0.238 e. The summed E-state index contributed by atoms with van der Waals surface area (Å²) in [5, 5.41) is 19.1. The van der Waals surface area contributed by atoms with Crippen LogP contribution in [0.1, 0.15) is 0 Å². The van der Waals surface area contributed by atoms with Gasteiger partial charge < -0.3 is 4.74 Å². The van der Waals surface area contributed by atoms with Crippen molar-refractivity contribution in [1.29, 1.82) is 5.26 Å². The molecule has 7 nitrogen and oxygen atoms in total. The second-order valence-corrected chi connectivity index (χ2v) is 8.49. The van der Waals surface area contributed by atoms with E-state index in [4.69, 9.17) is 16.3 Å². The molecule has 0 saturated heterocycles. The number of ether oxygens (including phenoxy) is 1. The number of hydrogen-bond donors (Lipinski definition) is 0. The minimum absolute atomic E-state index is 0.0393. The summed E-state index contributed by atoms with van der Waals surface area (Å²) in [5.74, 6) is 1.18. The van der Waals surface area contributed by atoms with Gasteiger partial charge in [0.1, 0.15) is 12.3 Å². The highest BCUT2D eigenvalue weighted by molar-refractivity contribution is 7.99. The van der Waals surface area contributed by atoms with Crippen LogP contribution in [0.5, 0.6) is 5.75 Å². The first-order chi connectivity index (χ1) is 16.6. The Hall–Kier alpha value is -3.80. The van der Waals surface area contributed by atoms with Gasteiger partial charge in [-0.15, -0.1) is 10.2 Å². The zero-order chi connectivity index (χ0) is 23.9. The van der Waals surface area contributed by atoms with Gasteiger partial charge in [-0.25, -0.2) is 0 Å². The molecule has 34 heavy (non-hydrogen) atoms. The summed E-state index contributed by atoms with van der Waals surface area (Å²) in [6.07, 6.45) is 0. The average Bonchev–Trinajstić information content (AvgIpc) is 3.31. The Morgan fingerprint density at radius 1 is 1.09 bits per heavy atom. The molecule has 0 aliphatic rings. The van der Waals surface area contributed by atoms with Crippen molar-refractivity contribution < 1.29 is 9.53 Å². The molecule has 0 bridgehead atoms. The molecule has 0 unspecified atom stereocenters. The maximum atomic E-state index is 13.0. The third-order valence-electron chi connectivity index (χ3n) is 4.97. The van der Waals surface area contributed by atoms with E-state index in [-0.39, 0.29) is 18.2 Å². The lowest BCUT2D eigenvalue weighted by Crippen LogP contribution is -2.32. The van der Waals surface area contributed by atoms with Gasteiger partial charge in [0.25, 0.3) is 0 Å². The van der Waals surface area contributed by atoms with Gasteiger partial charge in [0.05, 0.1) is 18.9 Å². The Kier molecular flexibility index (Phi) is 7.48. The normalized spacial score (nSPS) is 10.5. The number of nitriles is 1. The first kappa shape index (κ1) is 23.4. The average molecular weight is 490 g/mol.